The summed E-state index contributed by atoms with van der Waals surface area (Å²) in [6.07, 6.45) is 1.85. The van der Waals surface area contributed by atoms with Crippen molar-refractivity contribution in [3.05, 3.63) is 40.6 Å². The second-order valence-corrected chi connectivity index (χ2v) is 8.23. The largest absolute Gasteiger partial charge is 0.416 e. The number of alkyl halides is 3. The molecule has 0 unspecified atom stereocenters. The summed E-state index contributed by atoms with van der Waals surface area (Å²) in [4.78, 5) is 11.8. The van der Waals surface area contributed by atoms with Crippen LogP contribution in [-0.2, 0) is 19.0 Å². The van der Waals surface area contributed by atoms with Gasteiger partial charge in [-0.15, -0.1) is 0 Å². The molecule has 2 N–H and O–H groups in total. The van der Waals surface area contributed by atoms with Crippen LogP contribution in [0, 0.1) is 6.92 Å². The lowest BCUT2D eigenvalue weighted by Gasteiger charge is -2.35. The van der Waals surface area contributed by atoms with Crippen LogP contribution in [0.2, 0.25) is 0 Å². The molecule has 2 aliphatic rings. The van der Waals surface area contributed by atoms with E-state index in [1.54, 1.807) is 6.07 Å². The second-order valence-electron chi connectivity index (χ2n) is 8.23. The predicted octanol–water partition coefficient (Wildman–Crippen LogP) is 4.61. The monoisotopic (exact) mass is 419 g/mol. The number of aryl methyl sites for hydroxylation is 2. The molecule has 5 nitrogen and oxygen atoms in total. The van der Waals surface area contributed by atoms with Gasteiger partial charge in [0.1, 0.15) is 5.82 Å². The molecule has 0 amide bonds. The number of nitrogens with zero attached hydrogens (tertiary/aromatic N) is 3. The number of anilines is 3. The van der Waals surface area contributed by atoms with Gasteiger partial charge in [-0.25, -0.2) is 4.98 Å². The number of nitrogens with one attached hydrogen (secondary N) is 2. The van der Waals surface area contributed by atoms with Crippen molar-refractivity contribution in [1.29, 1.82) is 0 Å². The maximum absolute atomic E-state index is 13.3. The average Bonchev–Trinajstić information content (AvgIpc) is 2.74. The van der Waals surface area contributed by atoms with Crippen molar-refractivity contribution in [2.75, 3.05) is 30.4 Å². The van der Waals surface area contributed by atoms with Crippen LogP contribution < -0.4 is 15.5 Å². The highest BCUT2D eigenvalue weighted by atomic mass is 19.4. The fourth-order valence-corrected chi connectivity index (χ4v) is 4.43. The Kier molecular flexibility index (Phi) is 5.86. The van der Waals surface area contributed by atoms with Crippen molar-refractivity contribution in [2.45, 2.75) is 57.7 Å². The van der Waals surface area contributed by atoms with Gasteiger partial charge in [0.2, 0.25) is 5.95 Å². The average molecular weight is 419 g/mol. The summed E-state index contributed by atoms with van der Waals surface area (Å²) in [6.45, 7) is 3.28. The molecule has 0 radical (unpaired) electrons. The first-order valence-electron chi connectivity index (χ1n) is 10.6. The van der Waals surface area contributed by atoms with E-state index >= 15 is 0 Å². The summed E-state index contributed by atoms with van der Waals surface area (Å²) in [7, 11) is 1.98. The molecule has 2 aromatic rings. The van der Waals surface area contributed by atoms with Crippen LogP contribution in [0.4, 0.5) is 30.6 Å². The van der Waals surface area contributed by atoms with E-state index in [1.165, 1.54) is 18.6 Å². The molecule has 8 heteroatoms. The quantitative estimate of drug-likeness (QED) is 0.758. The summed E-state index contributed by atoms with van der Waals surface area (Å²) < 4.78 is 39.9. The van der Waals surface area contributed by atoms with Gasteiger partial charge in [0, 0.05) is 30.4 Å². The van der Waals surface area contributed by atoms with Crippen LogP contribution in [0.1, 0.15) is 48.1 Å². The molecular formula is C22H28F3N5. The first-order chi connectivity index (χ1) is 14.3. The lowest BCUT2D eigenvalue weighted by Crippen LogP contribution is -2.45. The lowest BCUT2D eigenvalue weighted by atomic mass is 9.95. The summed E-state index contributed by atoms with van der Waals surface area (Å²) in [6, 6.07) is 4.67. The molecule has 1 aliphatic heterocycles. The smallest absolute Gasteiger partial charge is 0.355 e. The fourth-order valence-electron chi connectivity index (χ4n) is 4.43. The van der Waals surface area contributed by atoms with Crippen LogP contribution in [-0.4, -0.2) is 36.1 Å². The van der Waals surface area contributed by atoms with Gasteiger partial charge in [-0.1, -0.05) is 6.07 Å². The van der Waals surface area contributed by atoms with E-state index in [0.717, 1.165) is 69.2 Å². The molecule has 1 aromatic carbocycles. The Labute approximate surface area is 175 Å². The first kappa shape index (κ1) is 20.9. The van der Waals surface area contributed by atoms with Crippen LogP contribution in [0.3, 0.4) is 0 Å². The molecule has 1 aromatic heterocycles. The first-order valence-corrected chi connectivity index (χ1v) is 10.6. The third kappa shape index (κ3) is 4.38. The molecule has 30 heavy (non-hydrogen) atoms. The van der Waals surface area contributed by atoms with Gasteiger partial charge in [-0.3, -0.25) is 0 Å². The van der Waals surface area contributed by atoms with Crippen molar-refractivity contribution in [2.24, 2.45) is 0 Å². The van der Waals surface area contributed by atoms with E-state index in [1.807, 2.05) is 7.05 Å². The number of aromatic nitrogens is 2. The van der Waals surface area contributed by atoms with Gasteiger partial charge in [0.05, 0.1) is 11.3 Å². The van der Waals surface area contributed by atoms with Gasteiger partial charge in [-0.05, 0) is 70.2 Å². The SMILES string of the molecule is CN[C@@H]1CCCN(c2nc(Nc3ccc(C)c(C(F)(F)F)c3)nc3c2CCCC3)C1. The van der Waals surface area contributed by atoms with Crippen molar-refractivity contribution < 1.29 is 13.2 Å². The van der Waals surface area contributed by atoms with Crippen molar-refractivity contribution in [3.8, 4) is 0 Å². The highest BCUT2D eigenvalue weighted by Crippen LogP contribution is 2.35. The van der Waals surface area contributed by atoms with Crippen molar-refractivity contribution in [3.63, 3.8) is 0 Å². The molecule has 1 atom stereocenters. The zero-order chi connectivity index (χ0) is 21.3. The number of benzene rings is 1. The van der Waals surface area contributed by atoms with Gasteiger partial charge >= 0.3 is 6.18 Å². The third-order valence-electron chi connectivity index (χ3n) is 6.09. The van der Waals surface area contributed by atoms with Gasteiger partial charge < -0.3 is 15.5 Å². The summed E-state index contributed by atoms with van der Waals surface area (Å²) in [5, 5.41) is 6.39. The Morgan fingerprint density at radius 3 is 2.67 bits per heavy atom. The number of hydrogen-bond acceptors (Lipinski definition) is 5. The van der Waals surface area contributed by atoms with E-state index in [4.69, 9.17) is 4.98 Å². The molecule has 0 spiro atoms. The summed E-state index contributed by atoms with van der Waals surface area (Å²) in [5.74, 6) is 1.31. The lowest BCUT2D eigenvalue weighted by molar-refractivity contribution is -0.138. The normalized spacial score (nSPS) is 19.5. The van der Waals surface area contributed by atoms with Gasteiger partial charge in [-0.2, -0.15) is 18.2 Å². The van der Waals surface area contributed by atoms with E-state index < -0.39 is 11.7 Å². The van der Waals surface area contributed by atoms with E-state index in [2.05, 4.69) is 20.5 Å². The van der Waals surface area contributed by atoms with Crippen molar-refractivity contribution in [1.82, 2.24) is 15.3 Å². The highest BCUT2D eigenvalue weighted by molar-refractivity contribution is 5.60. The predicted molar refractivity (Wildman–Crippen MR) is 112 cm³/mol. The second kappa shape index (κ2) is 8.41. The summed E-state index contributed by atoms with van der Waals surface area (Å²) in [5.41, 5.74) is 2.12. The fraction of sp³-hybridized carbons (Fsp3) is 0.545. The van der Waals surface area contributed by atoms with Crippen LogP contribution in [0.25, 0.3) is 0 Å². The number of hydrogen-bond donors (Lipinski definition) is 2. The minimum absolute atomic E-state index is 0.200. The number of likely N-dealkylation sites (N-methyl/N-ethyl adjacent to an activating group) is 1. The topological polar surface area (TPSA) is 53.1 Å². The Morgan fingerprint density at radius 1 is 1.10 bits per heavy atom. The molecule has 0 saturated carbocycles. The zero-order valence-electron chi connectivity index (χ0n) is 17.4. The Hall–Kier alpha value is -2.35. The van der Waals surface area contributed by atoms with Crippen LogP contribution in [0.15, 0.2) is 18.2 Å². The highest BCUT2D eigenvalue weighted by Gasteiger charge is 2.32. The van der Waals surface area contributed by atoms with Crippen LogP contribution >= 0.6 is 0 Å². The number of halogens is 3. The van der Waals surface area contributed by atoms with Crippen LogP contribution in [0.5, 0.6) is 0 Å². The summed E-state index contributed by atoms with van der Waals surface area (Å²) >= 11 is 0. The molecule has 4 rings (SSSR count). The van der Waals surface area contributed by atoms with E-state index in [9.17, 15) is 13.2 Å². The van der Waals surface area contributed by atoms with E-state index in [0.29, 0.717) is 17.7 Å². The van der Waals surface area contributed by atoms with Gasteiger partial charge in [0.15, 0.2) is 0 Å². The number of fused-ring (bicyclic) bond motifs is 1. The maximum Gasteiger partial charge on any atom is 0.416 e. The molecule has 1 aliphatic carbocycles. The standard InChI is InChI=1S/C22H28F3N5/c1-14-9-10-15(12-18(14)22(23,24)25)27-21-28-19-8-4-3-7-17(19)20(29-21)30-11-5-6-16(13-30)26-2/h9-10,12,16,26H,3-8,11,13H2,1-2H3,(H,27,28,29)/t16-/m1/s1. The van der Waals surface area contributed by atoms with Crippen molar-refractivity contribution >= 4 is 17.5 Å². The minimum atomic E-state index is -4.39. The number of rotatable bonds is 4. The third-order valence-corrected chi connectivity index (χ3v) is 6.09. The zero-order valence-corrected chi connectivity index (χ0v) is 17.4. The minimum Gasteiger partial charge on any atom is -0.355 e. The Morgan fingerprint density at radius 2 is 1.90 bits per heavy atom. The van der Waals surface area contributed by atoms with Gasteiger partial charge in [0.25, 0.3) is 0 Å². The maximum atomic E-state index is 13.3. The van der Waals surface area contributed by atoms with E-state index in [-0.39, 0.29) is 5.56 Å². The Balaban J connectivity index is 1.68. The Bertz CT molecular complexity index is 912. The molecule has 2 heterocycles. The molecule has 1 fully saturated rings. The molecule has 162 valence electrons. The molecular weight excluding hydrogens is 391 g/mol. The molecule has 1 saturated heterocycles. The number of piperidine rings is 1. The molecule has 0 bridgehead atoms.